The van der Waals surface area contributed by atoms with E-state index in [2.05, 4.69) is 46.4 Å². The van der Waals surface area contributed by atoms with Gasteiger partial charge in [-0.1, -0.05) is 6.58 Å². The maximum atomic E-state index is 12.6. The van der Waals surface area contributed by atoms with E-state index in [0.29, 0.717) is 48.5 Å². The number of aromatic nitrogens is 3. The summed E-state index contributed by atoms with van der Waals surface area (Å²) in [6.07, 6.45) is 5.63. The molecule has 3 heterocycles. The van der Waals surface area contributed by atoms with Gasteiger partial charge in [-0.05, 0) is 54.8 Å². The lowest BCUT2D eigenvalue weighted by molar-refractivity contribution is 0.356. The summed E-state index contributed by atoms with van der Waals surface area (Å²) in [7, 11) is -0.635. The second kappa shape index (κ2) is 12.5. The summed E-state index contributed by atoms with van der Waals surface area (Å²) in [6, 6.07) is 10.1. The highest BCUT2D eigenvalue weighted by Crippen LogP contribution is 2.38. The summed E-state index contributed by atoms with van der Waals surface area (Å²) in [6.45, 7) is 6.28. The number of methoxy groups -OCH3 is 2. The number of piperazine rings is 1. The standard InChI is InChI=1S/C28H31N9O4S2/c1-18(30-10-4-9-29)35-43(38,39)20-7-5-19(6-8-20)33-28(42)37-13-11-36(12-14-37)27-25-21-15-23(40-2)24(41-3)16-22(21)34-26(25)31-17-32-27/h4-10,15-17,35H,1,11-14,29H2,2-3H3,(H,33,42)(H,31,32,34)/b9-4-,30-10?. The molecule has 0 amide bonds. The average molecular weight is 622 g/mol. The summed E-state index contributed by atoms with van der Waals surface area (Å²) in [4.78, 5) is 20.6. The fourth-order valence-electron chi connectivity index (χ4n) is 4.74. The summed E-state index contributed by atoms with van der Waals surface area (Å²) >= 11 is 5.67. The number of nitrogens with one attached hydrogen (secondary N) is 3. The largest absolute Gasteiger partial charge is 0.493 e. The number of hydrogen-bond donors (Lipinski definition) is 4. The Kier molecular flexibility index (Phi) is 8.63. The molecule has 0 spiro atoms. The molecule has 5 N–H and O–H groups in total. The molecule has 0 atom stereocenters. The van der Waals surface area contributed by atoms with E-state index in [9.17, 15) is 8.42 Å². The van der Waals surface area contributed by atoms with Crippen LogP contribution in [0.15, 0.2) is 77.3 Å². The lowest BCUT2D eigenvalue weighted by atomic mass is 10.1. The van der Waals surface area contributed by atoms with Crippen molar-refractivity contribution < 1.29 is 17.9 Å². The van der Waals surface area contributed by atoms with Gasteiger partial charge in [0.25, 0.3) is 10.0 Å². The number of anilines is 2. The third-order valence-electron chi connectivity index (χ3n) is 6.84. The monoisotopic (exact) mass is 621 g/mol. The summed E-state index contributed by atoms with van der Waals surface area (Å²) in [5.74, 6) is 2.06. The van der Waals surface area contributed by atoms with Crippen molar-refractivity contribution in [2.45, 2.75) is 4.90 Å². The molecule has 43 heavy (non-hydrogen) atoms. The Balaban J connectivity index is 1.24. The first-order valence-corrected chi connectivity index (χ1v) is 15.0. The van der Waals surface area contributed by atoms with Crippen LogP contribution >= 0.6 is 12.2 Å². The van der Waals surface area contributed by atoms with Crippen LogP contribution in [-0.2, 0) is 10.0 Å². The zero-order chi connectivity index (χ0) is 30.6. The van der Waals surface area contributed by atoms with E-state index in [1.54, 1.807) is 32.7 Å². The number of fused-ring (bicyclic) bond motifs is 3. The van der Waals surface area contributed by atoms with E-state index in [0.717, 1.165) is 27.8 Å². The van der Waals surface area contributed by atoms with Crippen molar-refractivity contribution in [1.82, 2.24) is 24.6 Å². The number of allylic oxidation sites excluding steroid dienone is 1. The van der Waals surface area contributed by atoms with Crippen LogP contribution in [0.4, 0.5) is 11.5 Å². The number of sulfonamides is 1. The number of rotatable bonds is 9. The van der Waals surface area contributed by atoms with E-state index < -0.39 is 10.0 Å². The highest BCUT2D eigenvalue weighted by Gasteiger charge is 2.24. The highest BCUT2D eigenvalue weighted by molar-refractivity contribution is 7.89. The van der Waals surface area contributed by atoms with Gasteiger partial charge in [0.2, 0.25) is 0 Å². The molecule has 0 radical (unpaired) electrons. The molecule has 2 aromatic carbocycles. The first-order valence-electron chi connectivity index (χ1n) is 13.2. The molecule has 224 valence electrons. The van der Waals surface area contributed by atoms with Crippen LogP contribution in [-0.4, -0.2) is 80.0 Å². The number of aliphatic imine (C=N–C) groups is 1. The number of H-pyrrole nitrogens is 1. The van der Waals surface area contributed by atoms with Crippen molar-refractivity contribution in [2.75, 3.05) is 50.6 Å². The second-order valence-corrected chi connectivity index (χ2v) is 11.5. The van der Waals surface area contributed by atoms with E-state index in [-0.39, 0.29) is 10.7 Å². The molecule has 0 saturated carbocycles. The summed E-state index contributed by atoms with van der Waals surface area (Å²) in [5, 5.41) is 5.61. The number of benzene rings is 2. The van der Waals surface area contributed by atoms with Crippen molar-refractivity contribution in [1.29, 1.82) is 0 Å². The highest BCUT2D eigenvalue weighted by atomic mass is 32.2. The number of nitrogens with two attached hydrogens (primary N) is 1. The zero-order valence-corrected chi connectivity index (χ0v) is 25.2. The van der Waals surface area contributed by atoms with Crippen molar-refractivity contribution in [3.05, 3.63) is 67.4 Å². The van der Waals surface area contributed by atoms with Crippen LogP contribution in [0.2, 0.25) is 0 Å². The molecular weight excluding hydrogens is 591 g/mol. The Morgan fingerprint density at radius 2 is 1.81 bits per heavy atom. The molecule has 1 fully saturated rings. The van der Waals surface area contributed by atoms with Crippen LogP contribution in [0.5, 0.6) is 11.5 Å². The van der Waals surface area contributed by atoms with Crippen LogP contribution in [0.3, 0.4) is 0 Å². The van der Waals surface area contributed by atoms with Crippen LogP contribution in [0, 0.1) is 0 Å². The molecule has 5 rings (SSSR count). The van der Waals surface area contributed by atoms with E-state index >= 15 is 0 Å². The van der Waals surface area contributed by atoms with Gasteiger partial charge in [-0.25, -0.2) is 23.4 Å². The van der Waals surface area contributed by atoms with E-state index in [1.807, 2.05) is 12.1 Å². The third-order valence-corrected chi connectivity index (χ3v) is 8.59. The zero-order valence-electron chi connectivity index (χ0n) is 23.6. The topological polar surface area (TPSA) is 163 Å². The van der Waals surface area contributed by atoms with Crippen LogP contribution < -0.4 is 30.1 Å². The SMILES string of the molecule is C=C(N=C/C=C\N)NS(=O)(=O)c1ccc(NC(=S)N2CCN(c3ncnc4[nH]c5cc(OC)c(OC)cc5c34)CC2)cc1. The average Bonchev–Trinajstić information content (AvgIpc) is 3.38. The Labute approximate surface area is 254 Å². The normalized spacial score (nSPS) is 14.1. The van der Waals surface area contributed by atoms with Crippen molar-refractivity contribution in [3.8, 4) is 11.5 Å². The predicted octanol–water partition coefficient (Wildman–Crippen LogP) is 2.94. The van der Waals surface area contributed by atoms with Crippen molar-refractivity contribution in [2.24, 2.45) is 10.7 Å². The summed E-state index contributed by atoms with van der Waals surface area (Å²) in [5.41, 5.74) is 7.51. The van der Waals surface area contributed by atoms with Gasteiger partial charge in [0.05, 0.1) is 30.0 Å². The van der Waals surface area contributed by atoms with Gasteiger partial charge in [0, 0.05) is 49.5 Å². The van der Waals surface area contributed by atoms with Gasteiger partial charge in [0.1, 0.15) is 23.6 Å². The molecule has 0 unspecified atom stereocenters. The molecule has 15 heteroatoms. The number of aromatic amines is 1. The predicted molar refractivity (Wildman–Crippen MR) is 172 cm³/mol. The fourth-order valence-corrected chi connectivity index (χ4v) is 6.02. The van der Waals surface area contributed by atoms with E-state index in [1.165, 1.54) is 30.6 Å². The van der Waals surface area contributed by atoms with Crippen molar-refractivity contribution in [3.63, 3.8) is 0 Å². The van der Waals surface area contributed by atoms with E-state index in [4.69, 9.17) is 27.4 Å². The molecule has 0 aliphatic carbocycles. The number of thiocarbonyl (C=S) groups is 1. The Bertz CT molecular complexity index is 1830. The van der Waals surface area contributed by atoms with Gasteiger partial charge < -0.3 is 35.3 Å². The van der Waals surface area contributed by atoms with Gasteiger partial charge >= 0.3 is 0 Å². The minimum Gasteiger partial charge on any atom is -0.493 e. The molecule has 13 nitrogen and oxygen atoms in total. The lowest BCUT2D eigenvalue weighted by Gasteiger charge is -2.37. The Morgan fingerprint density at radius 1 is 1.12 bits per heavy atom. The molecule has 4 aromatic rings. The molecule has 1 aliphatic heterocycles. The molecular formula is C28H31N9O4S2. The molecule has 0 bridgehead atoms. The minimum absolute atomic E-state index is 0.0343. The van der Waals surface area contributed by atoms with Crippen LogP contribution in [0.1, 0.15) is 0 Å². The van der Waals surface area contributed by atoms with Gasteiger partial charge in [-0.2, -0.15) is 0 Å². The molecule has 2 aromatic heterocycles. The maximum absolute atomic E-state index is 12.6. The first kappa shape index (κ1) is 29.6. The third kappa shape index (κ3) is 6.32. The maximum Gasteiger partial charge on any atom is 0.263 e. The number of ether oxygens (including phenoxy) is 2. The Hall–Kier alpha value is -4.89. The molecule has 1 saturated heterocycles. The lowest BCUT2D eigenvalue weighted by Crippen LogP contribution is -2.50. The quantitative estimate of drug-likeness (QED) is 0.161. The van der Waals surface area contributed by atoms with Gasteiger partial charge in [0.15, 0.2) is 16.6 Å². The molecule has 1 aliphatic rings. The smallest absolute Gasteiger partial charge is 0.263 e. The van der Waals surface area contributed by atoms with Gasteiger partial charge in [-0.15, -0.1) is 0 Å². The Morgan fingerprint density at radius 3 is 2.49 bits per heavy atom. The van der Waals surface area contributed by atoms with Crippen LogP contribution in [0.25, 0.3) is 21.9 Å². The number of hydrogen-bond acceptors (Lipinski definition) is 10. The second-order valence-electron chi connectivity index (χ2n) is 9.44. The first-order chi connectivity index (χ1) is 20.7. The number of nitrogens with zero attached hydrogens (tertiary/aromatic N) is 5. The van der Waals surface area contributed by atoms with Crippen molar-refractivity contribution >= 4 is 67.0 Å². The minimum atomic E-state index is -3.85. The fraction of sp³-hybridized carbons (Fsp3) is 0.214. The van der Waals surface area contributed by atoms with Gasteiger partial charge in [-0.3, -0.25) is 4.72 Å². The summed E-state index contributed by atoms with van der Waals surface area (Å²) < 4.78 is 38.6.